The van der Waals surface area contributed by atoms with E-state index < -0.39 is 0 Å². The molecule has 0 bridgehead atoms. The quantitative estimate of drug-likeness (QED) is 0.808. The SMILES string of the molecule is C[C@@H](C(=O)OCc1cccc2cccnc12)N1CCOCC1. The van der Waals surface area contributed by atoms with Crippen LogP contribution in [0.4, 0.5) is 0 Å². The van der Waals surface area contributed by atoms with Gasteiger partial charge in [0.25, 0.3) is 0 Å². The van der Waals surface area contributed by atoms with E-state index in [2.05, 4.69) is 9.88 Å². The molecule has 1 aliphatic rings. The Morgan fingerprint density at radius 3 is 2.91 bits per heavy atom. The molecule has 1 aromatic carbocycles. The van der Waals surface area contributed by atoms with Crippen LogP contribution in [0.15, 0.2) is 36.5 Å². The van der Waals surface area contributed by atoms with Gasteiger partial charge in [0, 0.05) is 30.2 Å². The number of carbonyl (C=O) groups is 1. The van der Waals surface area contributed by atoms with Gasteiger partial charge < -0.3 is 9.47 Å². The van der Waals surface area contributed by atoms with Crippen LogP contribution in [0.25, 0.3) is 10.9 Å². The van der Waals surface area contributed by atoms with Crippen LogP contribution in [-0.2, 0) is 20.9 Å². The van der Waals surface area contributed by atoms with E-state index in [1.54, 1.807) is 6.20 Å². The molecule has 3 rings (SSSR count). The van der Waals surface area contributed by atoms with Crippen molar-refractivity contribution in [1.29, 1.82) is 0 Å². The van der Waals surface area contributed by atoms with Gasteiger partial charge in [-0.1, -0.05) is 24.3 Å². The number of carbonyl (C=O) groups excluding carboxylic acids is 1. The second-order valence-electron chi connectivity index (χ2n) is 5.42. The number of nitrogens with zero attached hydrogens (tertiary/aromatic N) is 2. The van der Waals surface area contributed by atoms with Crippen molar-refractivity contribution < 1.29 is 14.3 Å². The average molecular weight is 300 g/mol. The molecule has 116 valence electrons. The van der Waals surface area contributed by atoms with Crippen LogP contribution in [0.5, 0.6) is 0 Å². The molecule has 1 aliphatic heterocycles. The molecule has 0 saturated carbocycles. The first-order valence-corrected chi connectivity index (χ1v) is 7.57. The Hall–Kier alpha value is -1.98. The number of aromatic nitrogens is 1. The minimum absolute atomic E-state index is 0.199. The van der Waals surface area contributed by atoms with Crippen LogP contribution < -0.4 is 0 Å². The van der Waals surface area contributed by atoms with Gasteiger partial charge in [0.2, 0.25) is 0 Å². The molecule has 22 heavy (non-hydrogen) atoms. The fourth-order valence-electron chi connectivity index (χ4n) is 2.67. The Bertz CT molecular complexity index is 648. The maximum Gasteiger partial charge on any atom is 0.323 e. The summed E-state index contributed by atoms with van der Waals surface area (Å²) in [6, 6.07) is 9.57. The first-order chi connectivity index (χ1) is 10.8. The van der Waals surface area contributed by atoms with Crippen molar-refractivity contribution in [2.45, 2.75) is 19.6 Å². The van der Waals surface area contributed by atoms with Gasteiger partial charge in [0.1, 0.15) is 12.6 Å². The van der Waals surface area contributed by atoms with Gasteiger partial charge in [-0.15, -0.1) is 0 Å². The summed E-state index contributed by atoms with van der Waals surface area (Å²) in [6.07, 6.45) is 1.75. The summed E-state index contributed by atoms with van der Waals surface area (Å²) in [5.74, 6) is -0.199. The number of hydrogen-bond donors (Lipinski definition) is 0. The molecule has 5 heteroatoms. The number of morpholine rings is 1. The number of hydrogen-bond acceptors (Lipinski definition) is 5. The van der Waals surface area contributed by atoms with E-state index >= 15 is 0 Å². The largest absolute Gasteiger partial charge is 0.460 e. The Morgan fingerprint density at radius 2 is 2.09 bits per heavy atom. The molecule has 2 heterocycles. The topological polar surface area (TPSA) is 51.7 Å². The van der Waals surface area contributed by atoms with Gasteiger partial charge >= 0.3 is 5.97 Å². The Kier molecular flexibility index (Phi) is 4.65. The van der Waals surface area contributed by atoms with Crippen molar-refractivity contribution in [2.75, 3.05) is 26.3 Å². The van der Waals surface area contributed by atoms with Gasteiger partial charge in [0.05, 0.1) is 18.7 Å². The van der Waals surface area contributed by atoms with Gasteiger partial charge in [0.15, 0.2) is 0 Å². The Balaban J connectivity index is 1.64. The van der Waals surface area contributed by atoms with E-state index in [9.17, 15) is 4.79 Å². The lowest BCUT2D eigenvalue weighted by Gasteiger charge is -2.30. The monoisotopic (exact) mass is 300 g/mol. The molecular weight excluding hydrogens is 280 g/mol. The Labute approximate surface area is 129 Å². The zero-order valence-corrected chi connectivity index (χ0v) is 12.7. The van der Waals surface area contributed by atoms with Crippen molar-refractivity contribution >= 4 is 16.9 Å². The zero-order valence-electron chi connectivity index (χ0n) is 12.7. The molecule has 1 aromatic heterocycles. The lowest BCUT2D eigenvalue weighted by Crippen LogP contribution is -2.46. The number of pyridine rings is 1. The summed E-state index contributed by atoms with van der Waals surface area (Å²) >= 11 is 0. The predicted molar refractivity (Wildman–Crippen MR) is 83.4 cm³/mol. The van der Waals surface area contributed by atoms with Gasteiger partial charge in [-0.2, -0.15) is 0 Å². The molecule has 1 fully saturated rings. The van der Waals surface area contributed by atoms with E-state index in [0.29, 0.717) is 13.2 Å². The van der Waals surface area contributed by atoms with E-state index in [1.165, 1.54) is 0 Å². The number of rotatable bonds is 4. The van der Waals surface area contributed by atoms with Crippen LogP contribution in [-0.4, -0.2) is 48.2 Å². The molecule has 0 radical (unpaired) electrons. The number of esters is 1. The van der Waals surface area contributed by atoms with Crippen molar-refractivity contribution in [3.8, 4) is 0 Å². The van der Waals surface area contributed by atoms with Crippen molar-refractivity contribution in [1.82, 2.24) is 9.88 Å². The lowest BCUT2D eigenvalue weighted by atomic mass is 10.1. The van der Waals surface area contributed by atoms with E-state index in [-0.39, 0.29) is 18.6 Å². The second-order valence-corrected chi connectivity index (χ2v) is 5.42. The maximum atomic E-state index is 12.2. The smallest absolute Gasteiger partial charge is 0.323 e. The molecule has 0 unspecified atom stereocenters. The molecule has 0 amide bonds. The van der Waals surface area contributed by atoms with Gasteiger partial charge in [-0.25, -0.2) is 0 Å². The molecule has 0 aliphatic carbocycles. The fourth-order valence-corrected chi connectivity index (χ4v) is 2.67. The highest BCUT2D eigenvalue weighted by Gasteiger charge is 2.24. The predicted octanol–water partition coefficient (Wildman–Crippen LogP) is 2.00. The van der Waals surface area contributed by atoms with Crippen LogP contribution in [0.2, 0.25) is 0 Å². The molecule has 0 spiro atoms. The first kappa shape index (κ1) is 14.9. The average Bonchev–Trinajstić information content (AvgIpc) is 2.59. The standard InChI is InChI=1S/C17H20N2O3/c1-13(19-8-10-21-11-9-19)17(20)22-12-15-5-2-4-14-6-3-7-18-16(14)15/h2-7,13H,8-12H2,1H3/t13-/m0/s1. The van der Waals surface area contributed by atoms with Gasteiger partial charge in [-0.3, -0.25) is 14.7 Å². The summed E-state index contributed by atoms with van der Waals surface area (Å²) in [7, 11) is 0. The summed E-state index contributed by atoms with van der Waals surface area (Å²) in [6.45, 7) is 5.02. The van der Waals surface area contributed by atoms with E-state index in [1.807, 2.05) is 37.3 Å². The molecular formula is C17H20N2O3. The number of para-hydroxylation sites is 1. The number of ether oxygens (including phenoxy) is 2. The van der Waals surface area contributed by atoms with Crippen LogP contribution in [0.1, 0.15) is 12.5 Å². The zero-order chi connectivity index (χ0) is 15.4. The lowest BCUT2D eigenvalue weighted by molar-refractivity contribution is -0.152. The third kappa shape index (κ3) is 3.26. The normalized spacial score (nSPS) is 17.3. The summed E-state index contributed by atoms with van der Waals surface area (Å²) < 4.78 is 10.8. The molecule has 0 N–H and O–H groups in total. The van der Waals surface area contributed by atoms with E-state index in [4.69, 9.17) is 9.47 Å². The van der Waals surface area contributed by atoms with Crippen LogP contribution >= 0.6 is 0 Å². The minimum Gasteiger partial charge on any atom is -0.460 e. The summed E-state index contributed by atoms with van der Waals surface area (Å²) in [5.41, 5.74) is 1.82. The third-order valence-corrected chi connectivity index (χ3v) is 4.02. The number of benzene rings is 1. The second kappa shape index (κ2) is 6.85. The fraction of sp³-hybridized carbons (Fsp3) is 0.412. The highest BCUT2D eigenvalue weighted by molar-refractivity contribution is 5.82. The van der Waals surface area contributed by atoms with Crippen molar-refractivity contribution in [3.63, 3.8) is 0 Å². The van der Waals surface area contributed by atoms with Crippen LogP contribution in [0.3, 0.4) is 0 Å². The van der Waals surface area contributed by atoms with Gasteiger partial charge in [-0.05, 0) is 13.0 Å². The minimum atomic E-state index is -0.244. The molecule has 1 saturated heterocycles. The summed E-state index contributed by atoms with van der Waals surface area (Å²) in [4.78, 5) is 18.7. The number of fused-ring (bicyclic) bond motifs is 1. The summed E-state index contributed by atoms with van der Waals surface area (Å²) in [5, 5.41) is 1.05. The highest BCUT2D eigenvalue weighted by atomic mass is 16.5. The third-order valence-electron chi connectivity index (χ3n) is 4.02. The maximum absolute atomic E-state index is 12.2. The Morgan fingerprint density at radius 1 is 1.32 bits per heavy atom. The highest BCUT2D eigenvalue weighted by Crippen LogP contribution is 2.17. The molecule has 1 atom stereocenters. The molecule has 5 nitrogen and oxygen atoms in total. The van der Waals surface area contributed by atoms with E-state index in [0.717, 1.165) is 29.6 Å². The van der Waals surface area contributed by atoms with Crippen molar-refractivity contribution in [2.24, 2.45) is 0 Å². The molecule has 2 aromatic rings. The van der Waals surface area contributed by atoms with Crippen molar-refractivity contribution in [3.05, 3.63) is 42.1 Å². The van der Waals surface area contributed by atoms with Crippen LogP contribution in [0, 0.1) is 0 Å². The first-order valence-electron chi connectivity index (χ1n) is 7.57.